The Balaban J connectivity index is 2.38. The number of rotatable bonds is 2. The van der Waals surface area contributed by atoms with Crippen molar-refractivity contribution in [1.82, 2.24) is 0 Å². The van der Waals surface area contributed by atoms with Gasteiger partial charge in [0, 0.05) is 0 Å². The molecule has 0 nitrogen and oxygen atoms in total. The molecule has 0 bridgehead atoms. The topological polar surface area (TPSA) is 0 Å². The SMILES string of the molecule is CCC(C)C1(Cl)[CH]CC1. The highest BCUT2D eigenvalue weighted by Crippen LogP contribution is 2.44. The largest absolute Gasteiger partial charge is 0.119 e. The molecule has 0 spiro atoms. The number of halogens is 1. The molecule has 0 saturated heterocycles. The molecule has 1 aliphatic carbocycles. The van der Waals surface area contributed by atoms with Crippen LogP contribution >= 0.6 is 11.6 Å². The van der Waals surface area contributed by atoms with Crippen molar-refractivity contribution in [1.29, 1.82) is 0 Å². The summed E-state index contributed by atoms with van der Waals surface area (Å²) in [6.45, 7) is 4.42. The van der Waals surface area contributed by atoms with Gasteiger partial charge in [-0.25, -0.2) is 0 Å². The quantitative estimate of drug-likeness (QED) is 0.524. The van der Waals surface area contributed by atoms with Gasteiger partial charge in [-0.3, -0.25) is 0 Å². The van der Waals surface area contributed by atoms with Crippen LogP contribution in [0.25, 0.3) is 0 Å². The molecule has 0 aliphatic heterocycles. The Bertz CT molecular complexity index is 94.7. The predicted octanol–water partition coefficient (Wildman–Crippen LogP) is 3.01. The Hall–Kier alpha value is 0.290. The average Bonchev–Trinajstić information content (AvgIpc) is 1.81. The van der Waals surface area contributed by atoms with Gasteiger partial charge in [0.1, 0.15) is 0 Å². The second kappa shape index (κ2) is 2.49. The van der Waals surface area contributed by atoms with Crippen molar-refractivity contribution < 1.29 is 0 Å². The molecule has 1 heteroatoms. The van der Waals surface area contributed by atoms with E-state index in [9.17, 15) is 0 Å². The van der Waals surface area contributed by atoms with Crippen LogP contribution in [0.5, 0.6) is 0 Å². The molecule has 2 unspecified atom stereocenters. The van der Waals surface area contributed by atoms with E-state index in [4.69, 9.17) is 11.6 Å². The Morgan fingerprint density at radius 2 is 2.33 bits per heavy atom. The van der Waals surface area contributed by atoms with Gasteiger partial charge in [0.2, 0.25) is 0 Å². The van der Waals surface area contributed by atoms with Gasteiger partial charge in [-0.1, -0.05) is 20.3 Å². The van der Waals surface area contributed by atoms with Gasteiger partial charge >= 0.3 is 0 Å². The van der Waals surface area contributed by atoms with Crippen molar-refractivity contribution in [2.45, 2.75) is 38.0 Å². The van der Waals surface area contributed by atoms with Crippen LogP contribution in [0.4, 0.5) is 0 Å². The van der Waals surface area contributed by atoms with Crippen molar-refractivity contribution >= 4 is 11.6 Å². The first-order valence-electron chi connectivity index (χ1n) is 3.72. The molecule has 0 heterocycles. The maximum absolute atomic E-state index is 6.20. The highest BCUT2D eigenvalue weighted by Gasteiger charge is 2.38. The summed E-state index contributed by atoms with van der Waals surface area (Å²) in [4.78, 5) is 0.0781. The zero-order valence-corrected chi connectivity index (χ0v) is 6.91. The Labute approximate surface area is 62.6 Å². The molecule has 0 aromatic heterocycles. The van der Waals surface area contributed by atoms with Crippen molar-refractivity contribution in [2.75, 3.05) is 0 Å². The summed E-state index contributed by atoms with van der Waals surface area (Å²) in [6.07, 6.45) is 5.83. The standard InChI is InChI=1S/C8H14Cl/c1-3-7(2)8(9)5-4-6-8/h5,7H,3-4,6H2,1-2H3. The van der Waals surface area contributed by atoms with Crippen LogP contribution in [0, 0.1) is 12.3 Å². The van der Waals surface area contributed by atoms with E-state index in [1.807, 2.05) is 0 Å². The van der Waals surface area contributed by atoms with Crippen molar-refractivity contribution in [3.8, 4) is 0 Å². The third-order valence-corrected chi connectivity index (χ3v) is 3.16. The minimum Gasteiger partial charge on any atom is -0.119 e. The first-order chi connectivity index (χ1) is 4.19. The fraction of sp³-hybridized carbons (Fsp3) is 0.875. The van der Waals surface area contributed by atoms with Crippen molar-refractivity contribution in [3.05, 3.63) is 6.42 Å². The van der Waals surface area contributed by atoms with E-state index in [1.54, 1.807) is 0 Å². The summed E-state index contributed by atoms with van der Waals surface area (Å²) in [7, 11) is 0. The first-order valence-corrected chi connectivity index (χ1v) is 4.10. The lowest BCUT2D eigenvalue weighted by atomic mass is 9.75. The van der Waals surface area contributed by atoms with Crippen LogP contribution in [-0.4, -0.2) is 4.87 Å². The van der Waals surface area contributed by atoms with Gasteiger partial charge in [-0.05, 0) is 25.2 Å². The predicted molar refractivity (Wildman–Crippen MR) is 41.6 cm³/mol. The Morgan fingerprint density at radius 3 is 2.44 bits per heavy atom. The van der Waals surface area contributed by atoms with Gasteiger partial charge in [-0.2, -0.15) is 0 Å². The van der Waals surface area contributed by atoms with Gasteiger partial charge < -0.3 is 0 Å². The maximum Gasteiger partial charge on any atom is 0.0503 e. The van der Waals surface area contributed by atoms with E-state index in [1.165, 1.54) is 19.3 Å². The molecular weight excluding hydrogens is 132 g/mol. The average molecular weight is 146 g/mol. The molecule has 1 aliphatic rings. The van der Waals surface area contributed by atoms with Crippen molar-refractivity contribution in [2.24, 2.45) is 5.92 Å². The first kappa shape index (κ1) is 7.40. The van der Waals surface area contributed by atoms with Gasteiger partial charge in [0.15, 0.2) is 0 Å². The molecule has 1 saturated carbocycles. The third kappa shape index (κ3) is 1.24. The lowest BCUT2D eigenvalue weighted by Crippen LogP contribution is -2.37. The second-order valence-electron chi connectivity index (χ2n) is 2.98. The molecule has 0 amide bonds. The third-order valence-electron chi connectivity index (χ3n) is 2.44. The highest BCUT2D eigenvalue weighted by atomic mass is 35.5. The van der Waals surface area contributed by atoms with Gasteiger partial charge in [-0.15, -0.1) is 11.6 Å². The van der Waals surface area contributed by atoms with Crippen LogP contribution < -0.4 is 0 Å². The lowest BCUT2D eigenvalue weighted by molar-refractivity contribution is 0.332. The van der Waals surface area contributed by atoms with E-state index in [-0.39, 0.29) is 4.87 Å². The summed E-state index contributed by atoms with van der Waals surface area (Å²) in [5.74, 6) is 0.660. The van der Waals surface area contributed by atoms with Crippen molar-refractivity contribution in [3.63, 3.8) is 0 Å². The normalized spacial score (nSPS) is 27.0. The monoisotopic (exact) mass is 145 g/mol. The Kier molecular flexibility index (Phi) is 2.05. The smallest absolute Gasteiger partial charge is 0.0503 e. The van der Waals surface area contributed by atoms with Gasteiger partial charge in [0.05, 0.1) is 4.87 Å². The van der Waals surface area contributed by atoms with E-state index < -0.39 is 0 Å². The fourth-order valence-electron chi connectivity index (χ4n) is 1.21. The van der Waals surface area contributed by atoms with Crippen LogP contribution in [0.2, 0.25) is 0 Å². The zero-order chi connectivity index (χ0) is 6.91. The second-order valence-corrected chi connectivity index (χ2v) is 3.68. The van der Waals surface area contributed by atoms with Gasteiger partial charge in [0.25, 0.3) is 0 Å². The molecule has 53 valence electrons. The van der Waals surface area contributed by atoms with E-state index in [2.05, 4.69) is 20.3 Å². The zero-order valence-electron chi connectivity index (χ0n) is 6.15. The molecular formula is C8H14Cl. The van der Waals surface area contributed by atoms with Crippen LogP contribution in [0.1, 0.15) is 33.1 Å². The summed E-state index contributed by atoms with van der Waals surface area (Å²) < 4.78 is 0. The minimum absolute atomic E-state index is 0.0781. The molecule has 0 N–H and O–H groups in total. The van der Waals surface area contributed by atoms with Crippen LogP contribution in [-0.2, 0) is 0 Å². The number of hydrogen-bond acceptors (Lipinski definition) is 0. The molecule has 0 aromatic rings. The minimum atomic E-state index is 0.0781. The Morgan fingerprint density at radius 1 is 1.78 bits per heavy atom. The molecule has 2 atom stereocenters. The molecule has 1 rings (SSSR count). The molecule has 1 radical (unpaired) electrons. The van der Waals surface area contributed by atoms with Crippen LogP contribution in [0.15, 0.2) is 0 Å². The van der Waals surface area contributed by atoms with Crippen LogP contribution in [0.3, 0.4) is 0 Å². The number of hydrogen-bond donors (Lipinski definition) is 0. The maximum atomic E-state index is 6.20. The molecule has 9 heavy (non-hydrogen) atoms. The summed E-state index contributed by atoms with van der Waals surface area (Å²) >= 11 is 6.20. The fourth-order valence-corrected chi connectivity index (χ4v) is 1.58. The summed E-state index contributed by atoms with van der Waals surface area (Å²) in [5, 5.41) is 0. The summed E-state index contributed by atoms with van der Waals surface area (Å²) in [6, 6.07) is 0. The van der Waals surface area contributed by atoms with E-state index in [0.717, 1.165) is 0 Å². The molecule has 1 fully saturated rings. The summed E-state index contributed by atoms with van der Waals surface area (Å²) in [5.41, 5.74) is 0. The van der Waals surface area contributed by atoms with E-state index in [0.29, 0.717) is 5.92 Å². The lowest BCUT2D eigenvalue weighted by Gasteiger charge is -2.40. The highest BCUT2D eigenvalue weighted by molar-refractivity contribution is 6.25. The van der Waals surface area contributed by atoms with E-state index >= 15 is 0 Å². The number of alkyl halides is 1. The molecule has 0 aromatic carbocycles.